The average molecular weight is 393 g/mol. The molecular formula is C22H23N3O4. The van der Waals surface area contributed by atoms with Crippen molar-refractivity contribution in [2.24, 2.45) is 5.92 Å². The van der Waals surface area contributed by atoms with E-state index in [9.17, 15) is 14.4 Å². The van der Waals surface area contributed by atoms with Crippen LogP contribution in [-0.2, 0) is 4.79 Å². The second-order valence-electron chi connectivity index (χ2n) is 7.68. The number of aryl methyl sites for hydroxylation is 2. The molecule has 0 bridgehead atoms. The Balaban J connectivity index is 1.46. The number of fused-ring (bicyclic) bond motifs is 1. The average Bonchev–Trinajstić information content (AvgIpc) is 3.06. The van der Waals surface area contributed by atoms with E-state index in [2.05, 4.69) is 10.3 Å². The third kappa shape index (κ3) is 4.08. The predicted molar refractivity (Wildman–Crippen MR) is 110 cm³/mol. The summed E-state index contributed by atoms with van der Waals surface area (Å²) in [5.41, 5.74) is 4.31. The van der Waals surface area contributed by atoms with Gasteiger partial charge in [0.05, 0.1) is 11.4 Å². The normalized spacial score (nSPS) is 16.8. The third-order valence-corrected chi connectivity index (χ3v) is 5.23. The van der Waals surface area contributed by atoms with Crippen molar-refractivity contribution in [1.29, 1.82) is 0 Å². The molecule has 1 aromatic heterocycles. The number of aromatic amines is 1. The predicted octanol–water partition coefficient (Wildman–Crippen LogP) is 3.23. The number of likely N-dealkylation sites (tertiary alicyclic amines) is 1. The van der Waals surface area contributed by atoms with Gasteiger partial charge in [0.15, 0.2) is 5.58 Å². The van der Waals surface area contributed by atoms with E-state index in [1.165, 1.54) is 0 Å². The van der Waals surface area contributed by atoms with Crippen LogP contribution in [0.5, 0.6) is 0 Å². The first kappa shape index (κ1) is 19.0. The van der Waals surface area contributed by atoms with E-state index in [4.69, 9.17) is 4.42 Å². The number of nitrogens with one attached hydrogen (secondary N) is 2. The number of anilines is 1. The van der Waals surface area contributed by atoms with Gasteiger partial charge in [-0.15, -0.1) is 0 Å². The topological polar surface area (TPSA) is 95.4 Å². The summed E-state index contributed by atoms with van der Waals surface area (Å²) in [5.74, 6) is -0.978. The zero-order chi connectivity index (χ0) is 20.5. The van der Waals surface area contributed by atoms with Crippen molar-refractivity contribution in [2.45, 2.75) is 26.7 Å². The lowest BCUT2D eigenvalue weighted by Crippen LogP contribution is -2.43. The molecule has 1 aliphatic heterocycles. The standard InChI is InChI=1S/C22H23N3O4/c1-13-8-14(2)10-16(9-13)21(27)25-7-3-4-15(12-25)20(26)23-17-5-6-19-18(11-17)24-22(28)29-19/h5-6,8-11,15H,3-4,7,12H2,1-2H3,(H,23,26)(H,24,28). The maximum Gasteiger partial charge on any atom is 0.417 e. The van der Waals surface area contributed by atoms with Crippen LogP contribution in [0.15, 0.2) is 45.6 Å². The largest absolute Gasteiger partial charge is 0.417 e. The van der Waals surface area contributed by atoms with E-state index in [1.807, 2.05) is 32.0 Å². The summed E-state index contributed by atoms with van der Waals surface area (Å²) < 4.78 is 4.98. The molecule has 4 rings (SSSR count). The number of H-pyrrole nitrogens is 1. The quantitative estimate of drug-likeness (QED) is 0.714. The highest BCUT2D eigenvalue weighted by molar-refractivity contribution is 5.97. The van der Waals surface area contributed by atoms with Crippen molar-refractivity contribution < 1.29 is 14.0 Å². The molecule has 1 atom stereocenters. The van der Waals surface area contributed by atoms with Gasteiger partial charge in [-0.1, -0.05) is 17.2 Å². The van der Waals surface area contributed by atoms with Gasteiger partial charge >= 0.3 is 5.76 Å². The van der Waals surface area contributed by atoms with E-state index >= 15 is 0 Å². The molecule has 150 valence electrons. The van der Waals surface area contributed by atoms with E-state index in [1.54, 1.807) is 23.1 Å². The molecule has 2 N–H and O–H groups in total. The van der Waals surface area contributed by atoms with E-state index < -0.39 is 5.76 Å². The maximum absolute atomic E-state index is 12.9. The van der Waals surface area contributed by atoms with E-state index in [0.29, 0.717) is 35.4 Å². The van der Waals surface area contributed by atoms with Crippen LogP contribution < -0.4 is 11.1 Å². The van der Waals surface area contributed by atoms with Crippen LogP contribution in [0.25, 0.3) is 11.1 Å². The number of carbonyl (C=O) groups excluding carboxylic acids is 2. The minimum absolute atomic E-state index is 0.0355. The van der Waals surface area contributed by atoms with Crippen LogP contribution in [0.2, 0.25) is 0 Å². The van der Waals surface area contributed by atoms with Crippen molar-refractivity contribution in [2.75, 3.05) is 18.4 Å². The number of hydrogen-bond acceptors (Lipinski definition) is 4. The summed E-state index contributed by atoms with van der Waals surface area (Å²) in [7, 11) is 0. The molecule has 29 heavy (non-hydrogen) atoms. The first-order valence-electron chi connectivity index (χ1n) is 9.70. The zero-order valence-electron chi connectivity index (χ0n) is 16.5. The Morgan fingerprint density at radius 2 is 1.90 bits per heavy atom. The molecule has 1 fully saturated rings. The highest BCUT2D eigenvalue weighted by Crippen LogP contribution is 2.22. The highest BCUT2D eigenvalue weighted by Gasteiger charge is 2.29. The summed E-state index contributed by atoms with van der Waals surface area (Å²) in [4.78, 5) is 41.3. The molecule has 0 aliphatic carbocycles. The molecule has 0 spiro atoms. The summed E-state index contributed by atoms with van der Waals surface area (Å²) >= 11 is 0. The van der Waals surface area contributed by atoms with Gasteiger partial charge in [0.2, 0.25) is 5.91 Å². The van der Waals surface area contributed by atoms with Gasteiger partial charge in [0.25, 0.3) is 5.91 Å². The summed E-state index contributed by atoms with van der Waals surface area (Å²) in [6.07, 6.45) is 1.51. The maximum atomic E-state index is 12.9. The summed E-state index contributed by atoms with van der Waals surface area (Å²) in [6, 6.07) is 10.8. The van der Waals surface area contributed by atoms with Gasteiger partial charge in [-0.2, -0.15) is 0 Å². The lowest BCUT2D eigenvalue weighted by Gasteiger charge is -2.32. The minimum Gasteiger partial charge on any atom is -0.408 e. The lowest BCUT2D eigenvalue weighted by molar-refractivity contribution is -0.121. The Bertz CT molecular complexity index is 1120. The molecule has 1 unspecified atom stereocenters. The molecular weight excluding hydrogens is 370 g/mol. The Kier molecular flexibility index (Phi) is 4.96. The van der Waals surface area contributed by atoms with Crippen LogP contribution in [0.3, 0.4) is 0 Å². The SMILES string of the molecule is Cc1cc(C)cc(C(=O)N2CCCC(C(=O)Nc3ccc4oc(=O)[nH]c4c3)C2)c1. The molecule has 2 heterocycles. The van der Waals surface area contributed by atoms with Crippen molar-refractivity contribution >= 4 is 28.6 Å². The fourth-order valence-corrected chi connectivity index (χ4v) is 3.93. The van der Waals surface area contributed by atoms with Crippen LogP contribution in [-0.4, -0.2) is 34.8 Å². The van der Waals surface area contributed by atoms with Gasteiger partial charge < -0.3 is 14.6 Å². The number of benzene rings is 2. The molecule has 2 amide bonds. The fraction of sp³-hybridized carbons (Fsp3) is 0.318. The first-order valence-corrected chi connectivity index (χ1v) is 9.70. The van der Waals surface area contributed by atoms with Crippen LogP contribution in [0, 0.1) is 19.8 Å². The smallest absolute Gasteiger partial charge is 0.408 e. The molecule has 1 aliphatic rings. The number of hydrogen-bond donors (Lipinski definition) is 2. The minimum atomic E-state index is -0.531. The Hall–Kier alpha value is -3.35. The van der Waals surface area contributed by atoms with Gasteiger partial charge in [-0.25, -0.2) is 4.79 Å². The van der Waals surface area contributed by atoms with Crippen molar-refractivity contribution in [1.82, 2.24) is 9.88 Å². The van der Waals surface area contributed by atoms with Crippen LogP contribution >= 0.6 is 0 Å². The molecule has 3 aromatic rings. The lowest BCUT2D eigenvalue weighted by atomic mass is 9.96. The molecule has 7 heteroatoms. The van der Waals surface area contributed by atoms with Crippen LogP contribution in [0.4, 0.5) is 5.69 Å². The van der Waals surface area contributed by atoms with Gasteiger partial charge in [0.1, 0.15) is 0 Å². The molecule has 0 saturated carbocycles. The molecule has 7 nitrogen and oxygen atoms in total. The van der Waals surface area contributed by atoms with Gasteiger partial charge in [0, 0.05) is 24.3 Å². The number of piperidine rings is 1. The summed E-state index contributed by atoms with van der Waals surface area (Å²) in [5, 5.41) is 2.89. The third-order valence-electron chi connectivity index (χ3n) is 5.23. The number of carbonyl (C=O) groups is 2. The zero-order valence-corrected chi connectivity index (χ0v) is 16.5. The van der Waals surface area contributed by atoms with Crippen molar-refractivity contribution in [3.8, 4) is 0 Å². The van der Waals surface area contributed by atoms with Crippen molar-refractivity contribution in [3.05, 3.63) is 63.6 Å². The molecule has 1 saturated heterocycles. The Morgan fingerprint density at radius 3 is 2.66 bits per heavy atom. The molecule has 0 radical (unpaired) electrons. The number of rotatable bonds is 3. The first-order chi connectivity index (χ1) is 13.9. The summed E-state index contributed by atoms with van der Waals surface area (Å²) in [6.45, 7) is 4.99. The monoisotopic (exact) mass is 393 g/mol. The highest BCUT2D eigenvalue weighted by atomic mass is 16.4. The Labute approximate surface area is 167 Å². The number of amides is 2. The fourth-order valence-electron chi connectivity index (χ4n) is 3.93. The van der Waals surface area contributed by atoms with E-state index in [-0.39, 0.29) is 17.7 Å². The second-order valence-corrected chi connectivity index (χ2v) is 7.68. The number of aromatic nitrogens is 1. The van der Waals surface area contributed by atoms with Crippen LogP contribution in [0.1, 0.15) is 34.3 Å². The second kappa shape index (κ2) is 7.58. The Morgan fingerprint density at radius 1 is 1.14 bits per heavy atom. The van der Waals surface area contributed by atoms with Gasteiger partial charge in [-0.3, -0.25) is 14.6 Å². The van der Waals surface area contributed by atoms with E-state index in [0.717, 1.165) is 24.0 Å². The number of oxazole rings is 1. The van der Waals surface area contributed by atoms with Crippen molar-refractivity contribution in [3.63, 3.8) is 0 Å². The molecule has 2 aromatic carbocycles. The van der Waals surface area contributed by atoms with Gasteiger partial charge in [-0.05, 0) is 57.0 Å². The number of nitrogens with zero attached hydrogens (tertiary/aromatic N) is 1.